The van der Waals surface area contributed by atoms with Crippen LogP contribution in [0.25, 0.3) is 0 Å². The maximum Gasteiger partial charge on any atom is 0.326 e. The Labute approximate surface area is 140 Å². The fraction of sp³-hybridized carbons (Fsp3) is 0.706. The van der Waals surface area contributed by atoms with E-state index in [1.807, 2.05) is 0 Å². The van der Waals surface area contributed by atoms with Crippen LogP contribution in [0.4, 0.5) is 0 Å². The van der Waals surface area contributed by atoms with Crippen molar-refractivity contribution in [3.05, 3.63) is 16.1 Å². The Bertz CT molecular complexity index is 598. The lowest BCUT2D eigenvalue weighted by Gasteiger charge is -2.32. The average Bonchev–Trinajstić information content (AvgIpc) is 3.10. The summed E-state index contributed by atoms with van der Waals surface area (Å²) in [6.45, 7) is 4.24. The first kappa shape index (κ1) is 16.4. The van der Waals surface area contributed by atoms with Crippen LogP contribution in [0, 0.1) is 11.8 Å². The number of rotatable bonds is 4. The Morgan fingerprint density at radius 2 is 2.13 bits per heavy atom. The van der Waals surface area contributed by atoms with E-state index in [2.05, 4.69) is 18.8 Å². The molecule has 1 aliphatic carbocycles. The van der Waals surface area contributed by atoms with E-state index in [1.54, 1.807) is 10.3 Å². The Morgan fingerprint density at radius 3 is 2.83 bits per heavy atom. The van der Waals surface area contributed by atoms with Crippen LogP contribution in [0.2, 0.25) is 0 Å². The molecule has 0 spiro atoms. The van der Waals surface area contributed by atoms with Gasteiger partial charge in [0.05, 0.1) is 5.01 Å². The molecule has 2 fully saturated rings. The molecule has 3 atom stereocenters. The minimum Gasteiger partial charge on any atom is -0.480 e. The van der Waals surface area contributed by atoms with Crippen molar-refractivity contribution in [1.29, 1.82) is 0 Å². The van der Waals surface area contributed by atoms with Crippen molar-refractivity contribution in [3.8, 4) is 0 Å². The number of aliphatic carboxylic acids is 1. The summed E-state index contributed by atoms with van der Waals surface area (Å²) in [7, 11) is 0. The quantitative estimate of drug-likeness (QED) is 0.916. The van der Waals surface area contributed by atoms with Crippen molar-refractivity contribution in [2.75, 3.05) is 0 Å². The summed E-state index contributed by atoms with van der Waals surface area (Å²) < 4.78 is 0. The zero-order chi connectivity index (χ0) is 16.6. The molecule has 1 amide bonds. The second kappa shape index (κ2) is 6.59. The molecule has 1 aromatic heterocycles. The third-order valence-electron chi connectivity index (χ3n) is 4.96. The van der Waals surface area contributed by atoms with Crippen LogP contribution in [-0.2, 0) is 11.2 Å². The summed E-state index contributed by atoms with van der Waals surface area (Å²) in [6, 6.07) is -0.613. The van der Waals surface area contributed by atoms with Gasteiger partial charge in [-0.05, 0) is 31.1 Å². The monoisotopic (exact) mass is 336 g/mol. The van der Waals surface area contributed by atoms with Gasteiger partial charge in [-0.3, -0.25) is 4.79 Å². The smallest absolute Gasteiger partial charge is 0.326 e. The summed E-state index contributed by atoms with van der Waals surface area (Å²) in [5.41, 5.74) is 0.420. The first-order chi connectivity index (χ1) is 11.0. The van der Waals surface area contributed by atoms with Crippen LogP contribution >= 0.6 is 11.3 Å². The van der Waals surface area contributed by atoms with Crippen LogP contribution < -0.4 is 0 Å². The van der Waals surface area contributed by atoms with E-state index >= 15 is 0 Å². The molecule has 126 valence electrons. The summed E-state index contributed by atoms with van der Waals surface area (Å²) in [5, 5.41) is 12.3. The van der Waals surface area contributed by atoms with Crippen LogP contribution in [0.1, 0.15) is 61.4 Å². The molecule has 5 nitrogen and oxygen atoms in total. The van der Waals surface area contributed by atoms with Gasteiger partial charge in [-0.2, -0.15) is 0 Å². The number of amides is 1. The highest BCUT2D eigenvalue weighted by Crippen LogP contribution is 2.40. The number of carbonyl (C=O) groups excluding carboxylic acids is 1. The van der Waals surface area contributed by atoms with Gasteiger partial charge in [-0.1, -0.05) is 26.7 Å². The van der Waals surface area contributed by atoms with Gasteiger partial charge in [0.2, 0.25) is 0 Å². The molecule has 1 saturated heterocycles. The molecule has 0 bridgehead atoms. The van der Waals surface area contributed by atoms with E-state index in [9.17, 15) is 14.7 Å². The summed E-state index contributed by atoms with van der Waals surface area (Å²) >= 11 is 1.50. The molecule has 23 heavy (non-hydrogen) atoms. The highest BCUT2D eigenvalue weighted by Gasteiger charge is 2.48. The Morgan fingerprint density at radius 1 is 1.39 bits per heavy atom. The van der Waals surface area contributed by atoms with Gasteiger partial charge < -0.3 is 10.0 Å². The van der Waals surface area contributed by atoms with Gasteiger partial charge in [-0.15, -0.1) is 11.3 Å². The molecule has 0 aromatic carbocycles. The normalized spacial score (nSPS) is 27.3. The fourth-order valence-corrected chi connectivity index (χ4v) is 4.94. The van der Waals surface area contributed by atoms with Gasteiger partial charge in [0.1, 0.15) is 11.7 Å². The zero-order valence-corrected chi connectivity index (χ0v) is 14.5. The summed E-state index contributed by atoms with van der Waals surface area (Å²) in [4.78, 5) is 30.6. The third-order valence-corrected chi connectivity index (χ3v) is 5.83. The van der Waals surface area contributed by atoms with Crippen LogP contribution in [-0.4, -0.2) is 39.0 Å². The van der Waals surface area contributed by atoms with E-state index in [1.165, 1.54) is 11.3 Å². The minimum absolute atomic E-state index is 0.0765. The first-order valence-electron chi connectivity index (χ1n) is 8.47. The van der Waals surface area contributed by atoms with E-state index in [0.717, 1.165) is 37.1 Å². The fourth-order valence-electron chi connectivity index (χ4n) is 3.96. The molecular formula is C17H24N2O3S. The van der Waals surface area contributed by atoms with Crippen molar-refractivity contribution in [3.63, 3.8) is 0 Å². The van der Waals surface area contributed by atoms with Crippen LogP contribution in [0.15, 0.2) is 5.38 Å². The van der Waals surface area contributed by atoms with E-state index in [-0.39, 0.29) is 11.9 Å². The molecule has 2 aliphatic rings. The number of carboxylic acid groups (broad SMARTS) is 1. The zero-order valence-electron chi connectivity index (χ0n) is 13.7. The topological polar surface area (TPSA) is 70.5 Å². The Balaban J connectivity index is 1.83. The molecule has 3 rings (SSSR count). The molecule has 0 radical (unpaired) electrons. The van der Waals surface area contributed by atoms with Crippen LogP contribution in [0.3, 0.4) is 0 Å². The number of likely N-dealkylation sites (tertiary alicyclic amines) is 1. The van der Waals surface area contributed by atoms with E-state index in [0.29, 0.717) is 24.0 Å². The third kappa shape index (κ3) is 3.27. The standard InChI is InChI=1S/C17H24N2O3S/c1-10(2)7-15-18-12(9-23-15)16(20)19-13-6-4-3-5-11(13)8-14(19)17(21)22/h9-11,13-14H,3-8H2,1-2H3,(H,21,22). The Hall–Kier alpha value is -1.43. The van der Waals surface area contributed by atoms with Gasteiger partial charge in [0, 0.05) is 17.8 Å². The van der Waals surface area contributed by atoms with Crippen molar-refractivity contribution in [1.82, 2.24) is 9.88 Å². The molecule has 1 aliphatic heterocycles. The number of thiazole rings is 1. The van der Waals surface area contributed by atoms with Crippen molar-refractivity contribution >= 4 is 23.2 Å². The van der Waals surface area contributed by atoms with Crippen molar-refractivity contribution in [2.45, 2.75) is 64.5 Å². The number of hydrogen-bond donors (Lipinski definition) is 1. The summed E-state index contributed by atoms with van der Waals surface area (Å²) in [6.07, 6.45) is 5.62. The largest absolute Gasteiger partial charge is 0.480 e. The molecule has 3 unspecified atom stereocenters. The lowest BCUT2D eigenvalue weighted by atomic mass is 9.84. The minimum atomic E-state index is -0.884. The van der Waals surface area contributed by atoms with Gasteiger partial charge in [-0.25, -0.2) is 9.78 Å². The number of carbonyl (C=O) groups is 2. The first-order valence-corrected chi connectivity index (χ1v) is 9.35. The number of fused-ring (bicyclic) bond motifs is 1. The SMILES string of the molecule is CC(C)Cc1nc(C(=O)N2C(C(=O)O)CC3CCCCC32)cs1. The second-order valence-electron chi connectivity index (χ2n) is 7.14. The molecule has 1 aromatic rings. The van der Waals surface area contributed by atoms with E-state index in [4.69, 9.17) is 0 Å². The highest BCUT2D eigenvalue weighted by atomic mass is 32.1. The highest BCUT2D eigenvalue weighted by molar-refractivity contribution is 7.09. The molecule has 6 heteroatoms. The maximum atomic E-state index is 12.9. The molecule has 1 saturated carbocycles. The molecule has 2 heterocycles. The predicted molar refractivity (Wildman–Crippen MR) is 88.6 cm³/mol. The van der Waals surface area contributed by atoms with Gasteiger partial charge in [0.15, 0.2) is 0 Å². The number of carboxylic acids is 1. The molecular weight excluding hydrogens is 312 g/mol. The van der Waals surface area contributed by atoms with Gasteiger partial charge in [0.25, 0.3) is 5.91 Å². The van der Waals surface area contributed by atoms with Crippen LogP contribution in [0.5, 0.6) is 0 Å². The van der Waals surface area contributed by atoms with Crippen molar-refractivity contribution < 1.29 is 14.7 Å². The van der Waals surface area contributed by atoms with Crippen molar-refractivity contribution in [2.24, 2.45) is 11.8 Å². The van der Waals surface area contributed by atoms with Gasteiger partial charge >= 0.3 is 5.97 Å². The van der Waals surface area contributed by atoms with E-state index < -0.39 is 12.0 Å². The molecule has 1 N–H and O–H groups in total. The number of nitrogens with zero attached hydrogens (tertiary/aromatic N) is 2. The second-order valence-corrected chi connectivity index (χ2v) is 8.08. The maximum absolute atomic E-state index is 12.9. The number of hydrogen-bond acceptors (Lipinski definition) is 4. The number of aromatic nitrogens is 1. The lowest BCUT2D eigenvalue weighted by Crippen LogP contribution is -2.46. The predicted octanol–water partition coefficient (Wildman–Crippen LogP) is 3.20. The lowest BCUT2D eigenvalue weighted by molar-refractivity contribution is -0.141. The average molecular weight is 336 g/mol. The summed E-state index contributed by atoms with van der Waals surface area (Å²) in [5.74, 6) is -0.253. The Kier molecular flexibility index (Phi) is 4.71.